The van der Waals surface area contributed by atoms with E-state index in [9.17, 15) is 13.2 Å². The number of fused-ring (bicyclic) bond motifs is 2. The summed E-state index contributed by atoms with van der Waals surface area (Å²) in [6.45, 7) is 5.96. The number of carbonyl (C=O) groups excluding carboxylic acids is 1. The second kappa shape index (κ2) is 8.58. The lowest BCUT2D eigenvalue weighted by atomic mass is 10.0. The molecule has 0 spiro atoms. The highest BCUT2D eigenvalue weighted by molar-refractivity contribution is 7.89. The van der Waals surface area contributed by atoms with Crippen LogP contribution in [-0.4, -0.2) is 43.1 Å². The van der Waals surface area contributed by atoms with Gasteiger partial charge < -0.3 is 14.0 Å². The minimum Gasteiger partial charge on any atom is -0.454 e. The summed E-state index contributed by atoms with van der Waals surface area (Å²) in [5.74, 6) is 1.29. The number of rotatable bonds is 4. The molecule has 1 amide bonds. The summed E-state index contributed by atoms with van der Waals surface area (Å²) < 4.78 is 41.3. The first kappa shape index (κ1) is 22.1. The summed E-state index contributed by atoms with van der Waals surface area (Å²) in [5, 5.41) is 0. The first-order chi connectivity index (χ1) is 15.9. The highest BCUT2D eigenvalue weighted by atomic mass is 32.2. The fourth-order valence-electron chi connectivity index (χ4n) is 4.29. The molecule has 2 aliphatic rings. The second-order valence-corrected chi connectivity index (χ2v) is 11.3. The summed E-state index contributed by atoms with van der Waals surface area (Å²) in [5.41, 5.74) is 1.27. The van der Waals surface area contributed by atoms with Crippen LogP contribution in [0.5, 0.6) is 11.5 Å². The van der Waals surface area contributed by atoms with Gasteiger partial charge in [-0.1, -0.05) is 18.3 Å². The Morgan fingerprint density at radius 3 is 2.61 bits per heavy atom. The number of thiazole rings is 1. The number of ether oxygens (including phenoxy) is 2. The van der Waals surface area contributed by atoms with Crippen molar-refractivity contribution >= 4 is 37.5 Å². The molecule has 0 saturated carbocycles. The lowest BCUT2D eigenvalue weighted by Crippen LogP contribution is -2.39. The van der Waals surface area contributed by atoms with E-state index in [1.54, 1.807) is 0 Å². The van der Waals surface area contributed by atoms with Crippen LogP contribution in [0, 0.1) is 5.92 Å². The van der Waals surface area contributed by atoms with Gasteiger partial charge in [0.2, 0.25) is 16.8 Å². The summed E-state index contributed by atoms with van der Waals surface area (Å²) in [6, 6.07) is 9.87. The van der Waals surface area contributed by atoms with Crippen molar-refractivity contribution in [3.8, 4) is 11.5 Å². The molecule has 33 heavy (non-hydrogen) atoms. The number of nitrogens with zero attached hydrogens (tertiary/aromatic N) is 3. The van der Waals surface area contributed by atoms with E-state index in [1.165, 1.54) is 39.9 Å². The number of amides is 1. The average Bonchev–Trinajstić information content (AvgIpc) is 3.40. The summed E-state index contributed by atoms with van der Waals surface area (Å²) in [4.78, 5) is 18.0. The maximum atomic E-state index is 13.0. The van der Waals surface area contributed by atoms with Crippen molar-refractivity contribution in [1.29, 1.82) is 0 Å². The third kappa shape index (κ3) is 4.07. The molecule has 0 radical (unpaired) electrons. The smallest absolute Gasteiger partial charge is 0.279 e. The van der Waals surface area contributed by atoms with E-state index in [0.29, 0.717) is 47.4 Å². The normalized spacial score (nSPS) is 19.3. The second-order valence-electron chi connectivity index (χ2n) is 8.35. The predicted molar refractivity (Wildman–Crippen MR) is 125 cm³/mol. The first-order valence-electron chi connectivity index (χ1n) is 11.0. The van der Waals surface area contributed by atoms with Gasteiger partial charge in [-0.05, 0) is 49.9 Å². The molecule has 1 aromatic heterocycles. The van der Waals surface area contributed by atoms with Crippen LogP contribution in [-0.2, 0) is 16.6 Å². The van der Waals surface area contributed by atoms with Crippen LogP contribution in [0.2, 0.25) is 0 Å². The van der Waals surface area contributed by atoms with Crippen LogP contribution >= 0.6 is 11.3 Å². The summed E-state index contributed by atoms with van der Waals surface area (Å²) in [7, 11) is -3.56. The quantitative estimate of drug-likeness (QED) is 0.561. The van der Waals surface area contributed by atoms with Gasteiger partial charge in [-0.3, -0.25) is 4.79 Å². The van der Waals surface area contributed by atoms with Crippen LogP contribution in [0.25, 0.3) is 10.2 Å². The van der Waals surface area contributed by atoms with Crippen molar-refractivity contribution < 1.29 is 22.7 Å². The SMILES string of the molecule is CCn1c(=NC(=O)c2ccc(S(=O)(=O)N3CCCC(C)C3)cc2)sc2cc3c(cc21)OCO3. The van der Waals surface area contributed by atoms with E-state index in [1.807, 2.05) is 23.6 Å². The Balaban J connectivity index is 1.44. The molecule has 3 aromatic rings. The van der Waals surface area contributed by atoms with Crippen molar-refractivity contribution in [3.05, 3.63) is 46.8 Å². The molecular formula is C23H25N3O5S2. The van der Waals surface area contributed by atoms with E-state index < -0.39 is 15.9 Å². The fourth-order valence-corrected chi connectivity index (χ4v) is 6.99. The standard InChI is InChI=1S/C23H25N3O5S2/c1-3-26-18-11-19-20(31-14-30-19)12-21(18)32-23(26)24-22(27)16-6-8-17(9-7-16)33(28,29)25-10-4-5-15(2)13-25/h6-9,11-12,15H,3-5,10,13-14H2,1-2H3. The third-order valence-corrected chi connectivity index (χ3v) is 8.97. The topological polar surface area (TPSA) is 90.2 Å². The van der Waals surface area contributed by atoms with Gasteiger partial charge in [0.1, 0.15) is 0 Å². The number of sulfonamides is 1. The van der Waals surface area contributed by atoms with Crippen LogP contribution < -0.4 is 14.3 Å². The minimum absolute atomic E-state index is 0.202. The Morgan fingerprint density at radius 1 is 1.18 bits per heavy atom. The zero-order valence-electron chi connectivity index (χ0n) is 18.5. The number of aromatic nitrogens is 1. The minimum atomic E-state index is -3.56. The van der Waals surface area contributed by atoms with E-state index in [2.05, 4.69) is 11.9 Å². The number of hydrogen-bond acceptors (Lipinski definition) is 6. The molecule has 2 aromatic carbocycles. The Hall–Kier alpha value is -2.69. The molecule has 0 bridgehead atoms. The largest absolute Gasteiger partial charge is 0.454 e. The summed E-state index contributed by atoms with van der Waals surface area (Å²) in [6.07, 6.45) is 1.91. The zero-order chi connectivity index (χ0) is 23.2. The molecule has 174 valence electrons. The van der Waals surface area contributed by atoms with Gasteiger partial charge in [-0.25, -0.2) is 8.42 Å². The summed E-state index contributed by atoms with van der Waals surface area (Å²) >= 11 is 1.40. The Morgan fingerprint density at radius 2 is 1.91 bits per heavy atom. The van der Waals surface area contributed by atoms with Gasteiger partial charge in [0.15, 0.2) is 16.3 Å². The van der Waals surface area contributed by atoms with Crippen molar-refractivity contribution in [2.24, 2.45) is 10.9 Å². The Bertz CT molecular complexity index is 1390. The number of hydrogen-bond donors (Lipinski definition) is 0. The predicted octanol–water partition coefficient (Wildman–Crippen LogP) is 3.61. The van der Waals surface area contributed by atoms with Crippen molar-refractivity contribution in [1.82, 2.24) is 8.87 Å². The van der Waals surface area contributed by atoms with Crippen molar-refractivity contribution in [2.75, 3.05) is 19.9 Å². The number of carbonyl (C=O) groups is 1. The molecule has 1 unspecified atom stereocenters. The molecule has 0 N–H and O–H groups in total. The number of piperidine rings is 1. The average molecular weight is 488 g/mol. The van der Waals surface area contributed by atoms with E-state index >= 15 is 0 Å². The van der Waals surface area contributed by atoms with Gasteiger partial charge in [-0.15, -0.1) is 0 Å². The molecule has 1 fully saturated rings. The van der Waals surface area contributed by atoms with Crippen LogP contribution in [0.4, 0.5) is 0 Å². The Kier molecular flexibility index (Phi) is 5.75. The molecule has 1 saturated heterocycles. The molecule has 5 rings (SSSR count). The lowest BCUT2D eigenvalue weighted by Gasteiger charge is -2.30. The monoisotopic (exact) mass is 487 g/mol. The van der Waals surface area contributed by atoms with Gasteiger partial charge in [0.25, 0.3) is 5.91 Å². The lowest BCUT2D eigenvalue weighted by molar-refractivity contribution is 0.0997. The molecule has 1 atom stereocenters. The molecule has 3 heterocycles. The van der Waals surface area contributed by atoms with Crippen molar-refractivity contribution in [3.63, 3.8) is 0 Å². The fraction of sp³-hybridized carbons (Fsp3) is 0.391. The first-order valence-corrected chi connectivity index (χ1v) is 13.2. The van der Waals surface area contributed by atoms with Gasteiger partial charge >= 0.3 is 0 Å². The molecule has 0 aliphatic carbocycles. The number of benzene rings is 2. The van der Waals surface area contributed by atoms with Crippen LogP contribution in [0.1, 0.15) is 37.0 Å². The van der Waals surface area contributed by atoms with Gasteiger partial charge in [-0.2, -0.15) is 9.30 Å². The highest BCUT2D eigenvalue weighted by Gasteiger charge is 2.28. The van der Waals surface area contributed by atoms with E-state index in [-0.39, 0.29) is 11.7 Å². The zero-order valence-corrected chi connectivity index (χ0v) is 20.1. The molecular weight excluding hydrogens is 462 g/mol. The van der Waals surface area contributed by atoms with Gasteiger partial charge in [0.05, 0.1) is 15.1 Å². The molecule has 2 aliphatic heterocycles. The van der Waals surface area contributed by atoms with E-state index in [4.69, 9.17) is 9.47 Å². The number of aryl methyl sites for hydroxylation is 1. The molecule has 8 nitrogen and oxygen atoms in total. The maximum absolute atomic E-state index is 13.0. The molecule has 10 heteroatoms. The van der Waals surface area contributed by atoms with Crippen LogP contribution in [0.15, 0.2) is 46.3 Å². The van der Waals surface area contributed by atoms with Gasteiger partial charge in [0, 0.05) is 37.3 Å². The Labute approximate surface area is 196 Å². The highest BCUT2D eigenvalue weighted by Crippen LogP contribution is 2.37. The van der Waals surface area contributed by atoms with Crippen molar-refractivity contribution in [2.45, 2.75) is 38.1 Å². The maximum Gasteiger partial charge on any atom is 0.279 e. The van der Waals surface area contributed by atoms with Crippen LogP contribution in [0.3, 0.4) is 0 Å². The van der Waals surface area contributed by atoms with E-state index in [0.717, 1.165) is 23.1 Å². The third-order valence-electron chi connectivity index (χ3n) is 6.05.